The highest BCUT2D eigenvalue weighted by Crippen LogP contribution is 2.34. The summed E-state index contributed by atoms with van der Waals surface area (Å²) in [7, 11) is 3.81. The summed E-state index contributed by atoms with van der Waals surface area (Å²) in [5.74, 6) is 2.66. The number of halogens is 1. The lowest BCUT2D eigenvalue weighted by Gasteiger charge is -2.34. The highest BCUT2D eigenvalue weighted by molar-refractivity contribution is 6.30. The minimum atomic E-state index is 0.509. The Kier molecular flexibility index (Phi) is 6.38. The van der Waals surface area contributed by atoms with Crippen LogP contribution in [0.2, 0.25) is 5.02 Å². The highest BCUT2D eigenvalue weighted by Gasteiger charge is 2.26. The van der Waals surface area contributed by atoms with Crippen LogP contribution in [0.5, 0.6) is 5.75 Å². The van der Waals surface area contributed by atoms with Crippen molar-refractivity contribution in [2.24, 2.45) is 11.8 Å². The van der Waals surface area contributed by atoms with Crippen molar-refractivity contribution < 1.29 is 4.74 Å². The summed E-state index contributed by atoms with van der Waals surface area (Å²) in [6.45, 7) is 2.32. The number of nitrogens with one attached hydrogen (secondary N) is 1. The predicted molar refractivity (Wildman–Crippen MR) is 90.3 cm³/mol. The van der Waals surface area contributed by atoms with Gasteiger partial charge in [-0.25, -0.2) is 0 Å². The molecule has 21 heavy (non-hydrogen) atoms. The average Bonchev–Trinajstić information content (AvgIpc) is 2.53. The lowest BCUT2D eigenvalue weighted by atomic mass is 9.76. The molecule has 2 nitrogen and oxygen atoms in total. The van der Waals surface area contributed by atoms with Crippen LogP contribution in [-0.2, 0) is 6.42 Å². The van der Waals surface area contributed by atoms with Gasteiger partial charge in [-0.05, 0) is 61.9 Å². The monoisotopic (exact) mass is 309 g/mol. The standard InChI is InChI=1S/C18H28ClNO/c1-4-13-5-7-14(8-6-13)17(20-2)12-15-11-16(19)9-10-18(15)21-3/h9-11,13-14,17,20H,4-8,12H2,1-3H3. The Bertz CT molecular complexity index is 441. The molecule has 1 atom stereocenters. The fraction of sp³-hybridized carbons (Fsp3) is 0.667. The Balaban J connectivity index is 2.04. The van der Waals surface area contributed by atoms with Crippen molar-refractivity contribution in [1.29, 1.82) is 0 Å². The fourth-order valence-corrected chi connectivity index (χ4v) is 3.84. The normalized spacial score (nSPS) is 23.8. The molecule has 1 unspecified atom stereocenters. The van der Waals surface area contributed by atoms with Gasteiger partial charge >= 0.3 is 0 Å². The molecule has 1 aliphatic rings. The van der Waals surface area contributed by atoms with Crippen LogP contribution in [0.25, 0.3) is 0 Å². The lowest BCUT2D eigenvalue weighted by molar-refractivity contribution is 0.221. The molecular weight excluding hydrogens is 282 g/mol. The van der Waals surface area contributed by atoms with Crippen molar-refractivity contribution in [3.63, 3.8) is 0 Å². The van der Waals surface area contributed by atoms with E-state index in [0.717, 1.165) is 29.0 Å². The smallest absolute Gasteiger partial charge is 0.122 e. The molecule has 0 amide bonds. The van der Waals surface area contributed by atoms with Crippen molar-refractivity contribution in [1.82, 2.24) is 5.32 Å². The molecule has 2 rings (SSSR count). The van der Waals surface area contributed by atoms with Crippen molar-refractivity contribution in [2.45, 2.75) is 51.5 Å². The molecule has 0 spiro atoms. The molecule has 0 aromatic heterocycles. The van der Waals surface area contributed by atoms with Crippen molar-refractivity contribution in [2.75, 3.05) is 14.2 Å². The minimum absolute atomic E-state index is 0.509. The first-order valence-corrected chi connectivity index (χ1v) is 8.55. The summed E-state index contributed by atoms with van der Waals surface area (Å²) in [4.78, 5) is 0. The van der Waals surface area contributed by atoms with Gasteiger partial charge in [0.05, 0.1) is 7.11 Å². The minimum Gasteiger partial charge on any atom is -0.496 e. The van der Waals surface area contributed by atoms with E-state index in [9.17, 15) is 0 Å². The zero-order valence-corrected chi connectivity index (χ0v) is 14.2. The van der Waals surface area contributed by atoms with Gasteiger partial charge in [-0.15, -0.1) is 0 Å². The topological polar surface area (TPSA) is 21.3 Å². The Morgan fingerprint density at radius 2 is 2.00 bits per heavy atom. The molecule has 0 bridgehead atoms. The molecule has 0 saturated heterocycles. The molecule has 1 saturated carbocycles. The molecule has 1 aromatic rings. The zero-order valence-electron chi connectivity index (χ0n) is 13.5. The third kappa shape index (κ3) is 4.37. The average molecular weight is 310 g/mol. The van der Waals surface area contributed by atoms with Crippen LogP contribution < -0.4 is 10.1 Å². The summed E-state index contributed by atoms with van der Waals surface area (Å²) in [5.41, 5.74) is 1.21. The van der Waals surface area contributed by atoms with E-state index in [4.69, 9.17) is 16.3 Å². The number of likely N-dealkylation sites (N-methyl/N-ethyl adjacent to an activating group) is 1. The van der Waals surface area contributed by atoms with E-state index >= 15 is 0 Å². The maximum atomic E-state index is 6.15. The first-order chi connectivity index (χ1) is 10.2. The number of methoxy groups -OCH3 is 1. The second-order valence-corrected chi connectivity index (χ2v) is 6.68. The summed E-state index contributed by atoms with van der Waals surface area (Å²) in [6.07, 6.45) is 7.76. The van der Waals surface area contributed by atoms with Gasteiger partial charge < -0.3 is 10.1 Å². The van der Waals surface area contributed by atoms with Crippen LogP contribution in [0.3, 0.4) is 0 Å². The van der Waals surface area contributed by atoms with Crippen molar-refractivity contribution in [3.05, 3.63) is 28.8 Å². The van der Waals surface area contributed by atoms with Crippen LogP contribution in [0.1, 0.15) is 44.6 Å². The Morgan fingerprint density at radius 1 is 1.29 bits per heavy atom. The molecule has 118 valence electrons. The Morgan fingerprint density at radius 3 is 2.57 bits per heavy atom. The highest BCUT2D eigenvalue weighted by atomic mass is 35.5. The first-order valence-electron chi connectivity index (χ1n) is 8.17. The Labute approximate surface area is 134 Å². The maximum absolute atomic E-state index is 6.15. The van der Waals surface area contributed by atoms with Crippen molar-refractivity contribution >= 4 is 11.6 Å². The molecule has 1 fully saturated rings. The van der Waals surface area contributed by atoms with Crippen molar-refractivity contribution in [3.8, 4) is 5.75 Å². The van der Waals surface area contributed by atoms with Gasteiger partial charge in [0.25, 0.3) is 0 Å². The number of hydrogen-bond acceptors (Lipinski definition) is 2. The van der Waals surface area contributed by atoms with Crippen LogP contribution in [0.4, 0.5) is 0 Å². The second kappa shape index (κ2) is 8.05. The fourth-order valence-electron chi connectivity index (χ4n) is 3.65. The number of ether oxygens (including phenoxy) is 1. The number of rotatable bonds is 6. The van der Waals surface area contributed by atoms with Gasteiger partial charge in [-0.1, -0.05) is 37.8 Å². The van der Waals surface area contributed by atoms with E-state index in [1.165, 1.54) is 37.7 Å². The van der Waals surface area contributed by atoms with E-state index in [0.29, 0.717) is 6.04 Å². The molecule has 0 radical (unpaired) electrons. The van der Waals surface area contributed by atoms with E-state index in [1.54, 1.807) is 7.11 Å². The molecular formula is C18H28ClNO. The number of benzene rings is 1. The molecule has 3 heteroatoms. The van der Waals surface area contributed by atoms with Gasteiger partial charge in [-0.2, -0.15) is 0 Å². The summed E-state index contributed by atoms with van der Waals surface area (Å²) in [6, 6.07) is 6.42. The lowest BCUT2D eigenvalue weighted by Crippen LogP contribution is -2.37. The molecule has 0 aliphatic heterocycles. The third-order valence-electron chi connectivity index (χ3n) is 5.09. The maximum Gasteiger partial charge on any atom is 0.122 e. The van der Waals surface area contributed by atoms with E-state index in [2.05, 4.69) is 19.3 Å². The SMILES string of the molecule is CCC1CCC(C(Cc2cc(Cl)ccc2OC)NC)CC1. The van der Waals surface area contributed by atoms with Gasteiger partial charge in [0.1, 0.15) is 5.75 Å². The molecule has 1 N–H and O–H groups in total. The van der Waals surface area contributed by atoms with Crippen LogP contribution in [0.15, 0.2) is 18.2 Å². The van der Waals surface area contributed by atoms with E-state index in [1.807, 2.05) is 18.2 Å². The van der Waals surface area contributed by atoms with Crippen LogP contribution in [-0.4, -0.2) is 20.2 Å². The van der Waals surface area contributed by atoms with Gasteiger partial charge in [-0.3, -0.25) is 0 Å². The quantitative estimate of drug-likeness (QED) is 0.822. The molecule has 0 heterocycles. The second-order valence-electron chi connectivity index (χ2n) is 6.24. The van der Waals surface area contributed by atoms with E-state index in [-0.39, 0.29) is 0 Å². The third-order valence-corrected chi connectivity index (χ3v) is 5.33. The number of hydrogen-bond donors (Lipinski definition) is 1. The summed E-state index contributed by atoms with van der Waals surface area (Å²) in [5, 5.41) is 4.31. The zero-order chi connectivity index (χ0) is 15.2. The van der Waals surface area contributed by atoms with E-state index < -0.39 is 0 Å². The summed E-state index contributed by atoms with van der Waals surface area (Å²) >= 11 is 6.15. The molecule has 1 aliphatic carbocycles. The van der Waals surface area contributed by atoms with Gasteiger partial charge in [0.15, 0.2) is 0 Å². The Hall–Kier alpha value is -0.730. The largest absolute Gasteiger partial charge is 0.496 e. The van der Waals surface area contributed by atoms with Gasteiger partial charge in [0.2, 0.25) is 0 Å². The van der Waals surface area contributed by atoms with Gasteiger partial charge in [0, 0.05) is 11.1 Å². The van der Waals surface area contributed by atoms with Crippen LogP contribution >= 0.6 is 11.6 Å². The predicted octanol–water partition coefficient (Wildman–Crippen LogP) is 4.70. The summed E-state index contributed by atoms with van der Waals surface area (Å²) < 4.78 is 5.48. The first kappa shape index (κ1) is 16.6. The van der Waals surface area contributed by atoms with Crippen LogP contribution in [0, 0.1) is 11.8 Å². The molecule has 1 aromatic carbocycles.